The molecule has 17 heavy (non-hydrogen) atoms. The molecule has 2 rings (SSSR count). The van der Waals surface area contributed by atoms with Crippen LogP contribution < -0.4 is 5.73 Å². The summed E-state index contributed by atoms with van der Waals surface area (Å²) in [5.41, 5.74) is 8.02. The first-order valence-electron chi connectivity index (χ1n) is 5.35. The molecule has 0 aromatic carbocycles. The topological polar surface area (TPSA) is 88.0 Å². The van der Waals surface area contributed by atoms with Gasteiger partial charge in [0.25, 0.3) is 0 Å². The molecular weight excluding hydrogens is 222 g/mol. The normalized spacial score (nSPS) is 11.0. The third-order valence-electron chi connectivity index (χ3n) is 2.51. The molecule has 92 valence electrons. The Morgan fingerprint density at radius 2 is 2.24 bits per heavy atom. The standard InChI is InChI=1S/C10H15N5O2/c1-4-17-7(16)5-15-9-8(12-10(15)11)6(2)13-14(9)3/h4-5H2,1-3H3,(H2,11,12). The molecule has 0 radical (unpaired) electrons. The summed E-state index contributed by atoms with van der Waals surface area (Å²) in [5.74, 6) is -0.0403. The fraction of sp³-hybridized carbons (Fsp3) is 0.500. The second-order valence-corrected chi connectivity index (χ2v) is 3.74. The number of nitrogens with zero attached hydrogens (tertiary/aromatic N) is 4. The molecule has 0 aliphatic carbocycles. The monoisotopic (exact) mass is 237 g/mol. The summed E-state index contributed by atoms with van der Waals surface area (Å²) in [6, 6.07) is 0. The zero-order valence-corrected chi connectivity index (χ0v) is 10.1. The number of ether oxygens (including phenoxy) is 1. The van der Waals surface area contributed by atoms with Crippen molar-refractivity contribution in [2.24, 2.45) is 7.05 Å². The van der Waals surface area contributed by atoms with E-state index in [2.05, 4.69) is 10.1 Å². The number of hydrogen-bond acceptors (Lipinski definition) is 5. The Labute approximate surface area is 98.2 Å². The van der Waals surface area contributed by atoms with Crippen molar-refractivity contribution in [3.05, 3.63) is 5.69 Å². The molecule has 0 spiro atoms. The molecule has 0 bridgehead atoms. The largest absolute Gasteiger partial charge is 0.465 e. The van der Waals surface area contributed by atoms with Gasteiger partial charge in [0.15, 0.2) is 5.65 Å². The predicted octanol–water partition coefficient (Wildman–Crippen LogP) is 0.224. The number of rotatable bonds is 3. The molecule has 0 aliphatic heterocycles. The van der Waals surface area contributed by atoms with E-state index in [0.29, 0.717) is 18.1 Å². The highest BCUT2D eigenvalue weighted by atomic mass is 16.5. The molecule has 2 heterocycles. The van der Waals surface area contributed by atoms with Gasteiger partial charge in [0.05, 0.1) is 12.3 Å². The lowest BCUT2D eigenvalue weighted by Gasteiger charge is -2.06. The number of esters is 1. The molecule has 0 unspecified atom stereocenters. The van der Waals surface area contributed by atoms with E-state index in [1.165, 1.54) is 0 Å². The second kappa shape index (κ2) is 4.08. The molecule has 0 amide bonds. The van der Waals surface area contributed by atoms with Crippen molar-refractivity contribution in [2.75, 3.05) is 12.3 Å². The van der Waals surface area contributed by atoms with Gasteiger partial charge in [-0.05, 0) is 13.8 Å². The number of imidazole rings is 1. The Morgan fingerprint density at radius 1 is 1.53 bits per heavy atom. The highest BCUT2D eigenvalue weighted by Gasteiger charge is 2.17. The minimum Gasteiger partial charge on any atom is -0.465 e. The molecule has 0 fully saturated rings. The van der Waals surface area contributed by atoms with Crippen molar-refractivity contribution in [3.63, 3.8) is 0 Å². The Balaban J connectivity index is 2.45. The molecule has 7 nitrogen and oxygen atoms in total. The van der Waals surface area contributed by atoms with Gasteiger partial charge in [-0.1, -0.05) is 0 Å². The molecule has 7 heteroatoms. The van der Waals surface area contributed by atoms with Crippen molar-refractivity contribution in [3.8, 4) is 0 Å². The highest BCUT2D eigenvalue weighted by Crippen LogP contribution is 2.19. The maximum Gasteiger partial charge on any atom is 0.326 e. The fourth-order valence-corrected chi connectivity index (χ4v) is 1.84. The first-order valence-corrected chi connectivity index (χ1v) is 5.35. The molecule has 2 aromatic heterocycles. The summed E-state index contributed by atoms with van der Waals surface area (Å²) in [6.45, 7) is 4.01. The van der Waals surface area contributed by atoms with Crippen molar-refractivity contribution in [2.45, 2.75) is 20.4 Å². The SMILES string of the molecule is CCOC(=O)Cn1c(N)nc2c(C)nn(C)c21. The molecule has 0 saturated carbocycles. The summed E-state index contributed by atoms with van der Waals surface area (Å²) in [7, 11) is 1.79. The van der Waals surface area contributed by atoms with E-state index in [1.54, 1.807) is 23.2 Å². The first-order chi connectivity index (χ1) is 8.04. The summed E-state index contributed by atoms with van der Waals surface area (Å²) in [5, 5.41) is 4.23. The minimum absolute atomic E-state index is 0.0507. The number of fused-ring (bicyclic) bond motifs is 1. The number of nitrogen functional groups attached to an aromatic ring is 1. The minimum atomic E-state index is -0.336. The number of anilines is 1. The van der Waals surface area contributed by atoms with Gasteiger partial charge < -0.3 is 10.5 Å². The van der Waals surface area contributed by atoms with Gasteiger partial charge in [0.2, 0.25) is 5.95 Å². The number of aromatic nitrogens is 4. The predicted molar refractivity (Wildman–Crippen MR) is 62.3 cm³/mol. The van der Waals surface area contributed by atoms with Gasteiger partial charge in [0.1, 0.15) is 12.1 Å². The van der Waals surface area contributed by atoms with E-state index in [9.17, 15) is 4.79 Å². The number of carbonyl (C=O) groups excluding carboxylic acids is 1. The Kier molecular flexibility index (Phi) is 2.74. The first kappa shape index (κ1) is 11.4. The molecule has 0 aliphatic rings. The van der Waals surface area contributed by atoms with Crippen LogP contribution >= 0.6 is 0 Å². The van der Waals surface area contributed by atoms with Crippen LogP contribution in [0.1, 0.15) is 12.6 Å². The average Bonchev–Trinajstić information content (AvgIpc) is 2.69. The lowest BCUT2D eigenvalue weighted by Crippen LogP contribution is -2.16. The smallest absolute Gasteiger partial charge is 0.326 e. The molecule has 0 atom stereocenters. The van der Waals surface area contributed by atoms with Crippen LogP contribution in [-0.4, -0.2) is 31.9 Å². The van der Waals surface area contributed by atoms with Crippen LogP contribution in [0.15, 0.2) is 0 Å². The van der Waals surface area contributed by atoms with E-state index in [1.807, 2.05) is 6.92 Å². The third kappa shape index (κ3) is 1.83. The van der Waals surface area contributed by atoms with Crippen LogP contribution in [0.2, 0.25) is 0 Å². The zero-order chi connectivity index (χ0) is 12.6. The van der Waals surface area contributed by atoms with Crippen molar-refractivity contribution in [1.29, 1.82) is 0 Å². The maximum atomic E-state index is 11.5. The number of hydrogen-bond donors (Lipinski definition) is 1. The average molecular weight is 237 g/mol. The molecule has 2 aromatic rings. The van der Waals surface area contributed by atoms with Crippen LogP contribution in [0.4, 0.5) is 5.95 Å². The van der Waals surface area contributed by atoms with Crippen LogP contribution in [0.25, 0.3) is 11.2 Å². The zero-order valence-electron chi connectivity index (χ0n) is 10.1. The summed E-state index contributed by atoms with van der Waals surface area (Å²) < 4.78 is 8.16. The van der Waals surface area contributed by atoms with Gasteiger partial charge in [-0.2, -0.15) is 5.10 Å². The Morgan fingerprint density at radius 3 is 2.88 bits per heavy atom. The van der Waals surface area contributed by atoms with Gasteiger partial charge in [-0.15, -0.1) is 0 Å². The number of nitrogens with two attached hydrogens (primary N) is 1. The second-order valence-electron chi connectivity index (χ2n) is 3.74. The maximum absolute atomic E-state index is 11.5. The van der Waals surface area contributed by atoms with E-state index < -0.39 is 0 Å². The fourth-order valence-electron chi connectivity index (χ4n) is 1.84. The van der Waals surface area contributed by atoms with E-state index in [0.717, 1.165) is 11.3 Å². The molecule has 2 N–H and O–H groups in total. The quantitative estimate of drug-likeness (QED) is 0.772. The summed E-state index contributed by atoms with van der Waals surface area (Å²) in [4.78, 5) is 15.7. The van der Waals surface area contributed by atoms with E-state index in [4.69, 9.17) is 10.5 Å². The lowest BCUT2D eigenvalue weighted by atomic mass is 10.4. The van der Waals surface area contributed by atoms with Gasteiger partial charge in [0, 0.05) is 7.05 Å². The van der Waals surface area contributed by atoms with Crippen LogP contribution in [0.5, 0.6) is 0 Å². The summed E-state index contributed by atoms with van der Waals surface area (Å²) >= 11 is 0. The van der Waals surface area contributed by atoms with Crippen LogP contribution in [0, 0.1) is 6.92 Å². The van der Waals surface area contributed by atoms with E-state index in [-0.39, 0.29) is 12.5 Å². The van der Waals surface area contributed by atoms with Crippen molar-refractivity contribution >= 4 is 23.1 Å². The van der Waals surface area contributed by atoms with Gasteiger partial charge in [-0.3, -0.25) is 14.0 Å². The van der Waals surface area contributed by atoms with Crippen LogP contribution in [-0.2, 0) is 23.1 Å². The third-order valence-corrected chi connectivity index (χ3v) is 2.51. The van der Waals surface area contributed by atoms with Crippen molar-refractivity contribution < 1.29 is 9.53 Å². The summed E-state index contributed by atoms with van der Waals surface area (Å²) in [6.07, 6.45) is 0. The number of aryl methyl sites for hydroxylation is 2. The number of carbonyl (C=O) groups is 1. The molecular formula is C10H15N5O2. The highest BCUT2D eigenvalue weighted by molar-refractivity contribution is 5.80. The lowest BCUT2D eigenvalue weighted by molar-refractivity contribution is -0.143. The van der Waals surface area contributed by atoms with Gasteiger partial charge >= 0.3 is 5.97 Å². The Hall–Kier alpha value is -2.05. The molecule has 0 saturated heterocycles. The van der Waals surface area contributed by atoms with Crippen molar-refractivity contribution in [1.82, 2.24) is 19.3 Å². The Bertz CT molecular complexity index is 569. The van der Waals surface area contributed by atoms with E-state index >= 15 is 0 Å². The van der Waals surface area contributed by atoms with Crippen LogP contribution in [0.3, 0.4) is 0 Å². The van der Waals surface area contributed by atoms with Gasteiger partial charge in [-0.25, -0.2) is 4.98 Å².